The second-order valence-corrected chi connectivity index (χ2v) is 29.1. The van der Waals surface area contributed by atoms with E-state index in [-0.39, 0.29) is 21.7 Å². The van der Waals surface area contributed by atoms with E-state index >= 15 is 0 Å². The standard InChI is InChI=1S/C91H70N2/c1-87(2)74-32-16-9-24-63(74)69-44-40-56(51-82(69)87)92(57-41-45-70-64-25-10-17-33-75(64)88(3,4)83(70)52-57)60-48-55(62-31-23-39-81-86(62)73-30-15-22-38-80(73)91(81)78-36-20-13-28-67(78)68-29-14-21-37-79(68)91)49-61(50-60)93(58-42-46-71-65-26-11-18-34-76(65)89(5,6)84(71)53-58)59-43-47-72-66-27-12-19-35-77(66)90(7,8)85(72)54-59/h9-54H,1-8H3. The Morgan fingerprint density at radius 3 is 0.763 bits per heavy atom. The maximum absolute atomic E-state index is 2.59. The first-order valence-electron chi connectivity index (χ1n) is 33.3. The SMILES string of the molecule is CC1(C)c2ccccc2-c2ccc(N(c3cc(-c4cccc5c4-c4ccccc4C54c5ccccc5-c5ccccc54)cc(N(c4ccc5c(c4)C(C)(C)c4ccccc4-5)c4ccc5c(c4)C(C)(C)c4ccccc4-5)c3)c3ccc4c(c3)C(C)(C)c3ccccc3-4)cc21. The van der Waals surface area contributed by atoms with Gasteiger partial charge >= 0.3 is 0 Å². The number of fused-ring (bicyclic) bond motifs is 22. The van der Waals surface area contributed by atoms with Crippen molar-refractivity contribution in [2.45, 2.75) is 82.5 Å². The normalized spacial score (nSPS) is 16.0. The molecule has 0 N–H and O–H groups in total. The first-order valence-corrected chi connectivity index (χ1v) is 33.3. The summed E-state index contributed by atoms with van der Waals surface area (Å²) >= 11 is 0. The number of hydrogen-bond donors (Lipinski definition) is 0. The van der Waals surface area contributed by atoms with Gasteiger partial charge < -0.3 is 9.80 Å². The minimum atomic E-state index is -0.513. The predicted molar refractivity (Wildman–Crippen MR) is 388 cm³/mol. The number of anilines is 6. The molecule has 0 aromatic heterocycles. The van der Waals surface area contributed by atoms with Crippen molar-refractivity contribution in [2.75, 3.05) is 9.80 Å². The molecule has 0 aliphatic heterocycles. The van der Waals surface area contributed by atoms with Gasteiger partial charge in [-0.05, 0) is 211 Å². The molecule has 0 bridgehead atoms. The Balaban J connectivity index is 0.915. The van der Waals surface area contributed by atoms with Crippen molar-refractivity contribution < 1.29 is 0 Å². The van der Waals surface area contributed by atoms with Gasteiger partial charge in [0.25, 0.3) is 0 Å². The Labute approximate surface area is 546 Å². The minimum absolute atomic E-state index is 0.230. The van der Waals surface area contributed by atoms with Gasteiger partial charge in [0, 0.05) is 55.8 Å². The molecule has 0 radical (unpaired) electrons. The van der Waals surface area contributed by atoms with Crippen LogP contribution in [0, 0.1) is 0 Å². The molecular formula is C91H70N2. The van der Waals surface area contributed by atoms with Crippen molar-refractivity contribution in [3.8, 4) is 77.9 Å². The molecule has 0 saturated heterocycles. The van der Waals surface area contributed by atoms with Crippen molar-refractivity contribution in [2.24, 2.45) is 0 Å². The van der Waals surface area contributed by atoms with E-state index in [4.69, 9.17) is 0 Å². The third-order valence-corrected chi connectivity index (χ3v) is 23.1. The molecule has 93 heavy (non-hydrogen) atoms. The molecule has 13 aromatic carbocycles. The van der Waals surface area contributed by atoms with E-state index in [0.717, 1.165) is 39.7 Å². The van der Waals surface area contributed by atoms with Crippen LogP contribution in [0.25, 0.3) is 77.9 Å². The quantitative estimate of drug-likeness (QED) is 0.157. The zero-order valence-electron chi connectivity index (χ0n) is 54.0. The largest absolute Gasteiger partial charge is 0.310 e. The van der Waals surface area contributed by atoms with Crippen LogP contribution in [0.1, 0.15) is 122 Å². The number of hydrogen-bond acceptors (Lipinski definition) is 2. The zero-order valence-corrected chi connectivity index (χ0v) is 54.0. The molecule has 0 fully saturated rings. The van der Waals surface area contributed by atoms with Gasteiger partial charge in [0.05, 0.1) is 5.41 Å². The summed E-state index contributed by atoms with van der Waals surface area (Å²) in [5, 5.41) is 0. The zero-order chi connectivity index (χ0) is 62.7. The van der Waals surface area contributed by atoms with Crippen LogP contribution >= 0.6 is 0 Å². The maximum Gasteiger partial charge on any atom is 0.0725 e. The molecule has 0 atom stereocenters. The van der Waals surface area contributed by atoms with Crippen LogP contribution in [0.3, 0.4) is 0 Å². The van der Waals surface area contributed by atoms with E-state index in [1.807, 2.05) is 0 Å². The smallest absolute Gasteiger partial charge is 0.0725 e. The average molecular weight is 1190 g/mol. The first-order chi connectivity index (χ1) is 45.1. The Morgan fingerprint density at radius 1 is 0.183 bits per heavy atom. The van der Waals surface area contributed by atoms with E-state index in [0.29, 0.717) is 0 Å². The Hall–Kier alpha value is -10.5. The van der Waals surface area contributed by atoms with Crippen molar-refractivity contribution in [1.82, 2.24) is 0 Å². The molecule has 2 nitrogen and oxygen atoms in total. The van der Waals surface area contributed by atoms with Crippen molar-refractivity contribution in [3.63, 3.8) is 0 Å². The summed E-state index contributed by atoms with van der Waals surface area (Å²) in [6, 6.07) is 108. The van der Waals surface area contributed by atoms with Crippen LogP contribution in [0.4, 0.5) is 34.1 Å². The van der Waals surface area contributed by atoms with Gasteiger partial charge in [0.2, 0.25) is 0 Å². The molecule has 0 saturated carbocycles. The van der Waals surface area contributed by atoms with Crippen LogP contribution in [0.2, 0.25) is 0 Å². The number of benzene rings is 13. The Morgan fingerprint density at radius 2 is 0.430 bits per heavy atom. The fourth-order valence-corrected chi connectivity index (χ4v) is 18.6. The van der Waals surface area contributed by atoms with E-state index in [9.17, 15) is 0 Å². The van der Waals surface area contributed by atoms with Gasteiger partial charge in [-0.3, -0.25) is 0 Å². The number of nitrogens with zero attached hydrogens (tertiary/aromatic N) is 2. The minimum Gasteiger partial charge on any atom is -0.310 e. The summed E-state index contributed by atoms with van der Waals surface area (Å²) in [5.41, 5.74) is 39.3. The van der Waals surface area contributed by atoms with E-state index in [1.54, 1.807) is 0 Å². The van der Waals surface area contributed by atoms with Crippen molar-refractivity contribution in [1.29, 1.82) is 0 Å². The molecule has 13 aromatic rings. The summed E-state index contributed by atoms with van der Waals surface area (Å²) in [6.07, 6.45) is 0. The summed E-state index contributed by atoms with van der Waals surface area (Å²) in [6.45, 7) is 19.3. The van der Waals surface area contributed by atoms with Crippen LogP contribution in [0.15, 0.2) is 279 Å². The van der Waals surface area contributed by atoms with Gasteiger partial charge in [0.15, 0.2) is 0 Å². The molecular weight excluding hydrogens is 1120 g/mol. The molecule has 0 amide bonds. The highest BCUT2D eigenvalue weighted by atomic mass is 15.2. The average Bonchev–Trinajstić information content (AvgIpc) is 1.51. The third kappa shape index (κ3) is 7.14. The van der Waals surface area contributed by atoms with Crippen LogP contribution in [-0.4, -0.2) is 0 Å². The monoisotopic (exact) mass is 1190 g/mol. The van der Waals surface area contributed by atoms with Crippen LogP contribution in [-0.2, 0) is 27.1 Å². The second kappa shape index (κ2) is 18.8. The fraction of sp³-hybridized carbons (Fsp3) is 0.143. The lowest BCUT2D eigenvalue weighted by Crippen LogP contribution is -2.25. The molecule has 2 heteroatoms. The lowest BCUT2D eigenvalue weighted by molar-refractivity contribution is 0.659. The van der Waals surface area contributed by atoms with Crippen LogP contribution < -0.4 is 9.80 Å². The molecule has 0 heterocycles. The van der Waals surface area contributed by atoms with Gasteiger partial charge in [-0.25, -0.2) is 0 Å². The highest BCUT2D eigenvalue weighted by molar-refractivity contribution is 6.02. The van der Waals surface area contributed by atoms with Gasteiger partial charge in [-0.2, -0.15) is 0 Å². The predicted octanol–water partition coefficient (Wildman–Crippen LogP) is 23.9. The number of rotatable bonds is 7. The molecule has 444 valence electrons. The highest BCUT2D eigenvalue weighted by Gasteiger charge is 2.52. The van der Waals surface area contributed by atoms with E-state index in [2.05, 4.69) is 344 Å². The molecule has 6 aliphatic carbocycles. The lowest BCUT2D eigenvalue weighted by atomic mass is 9.70. The summed E-state index contributed by atoms with van der Waals surface area (Å²) < 4.78 is 0. The molecule has 0 unspecified atom stereocenters. The van der Waals surface area contributed by atoms with Crippen molar-refractivity contribution in [3.05, 3.63) is 346 Å². The highest BCUT2D eigenvalue weighted by Crippen LogP contribution is 2.65. The maximum atomic E-state index is 2.59. The third-order valence-electron chi connectivity index (χ3n) is 23.1. The first kappa shape index (κ1) is 54.2. The summed E-state index contributed by atoms with van der Waals surface area (Å²) in [5.74, 6) is 0. The topological polar surface area (TPSA) is 6.48 Å². The summed E-state index contributed by atoms with van der Waals surface area (Å²) in [4.78, 5) is 5.19. The van der Waals surface area contributed by atoms with Crippen molar-refractivity contribution >= 4 is 34.1 Å². The molecule has 1 spiro atoms. The fourth-order valence-electron chi connectivity index (χ4n) is 18.6. The Kier molecular flexibility index (Phi) is 11.0. The Bertz CT molecular complexity index is 4930. The molecule has 19 rings (SSSR count). The van der Waals surface area contributed by atoms with Crippen LogP contribution in [0.5, 0.6) is 0 Å². The lowest BCUT2D eigenvalue weighted by Gasteiger charge is -2.33. The van der Waals surface area contributed by atoms with E-state index in [1.165, 1.54) is 139 Å². The van der Waals surface area contributed by atoms with Gasteiger partial charge in [-0.15, -0.1) is 0 Å². The van der Waals surface area contributed by atoms with Gasteiger partial charge in [0.1, 0.15) is 0 Å². The summed E-state index contributed by atoms with van der Waals surface area (Å²) in [7, 11) is 0. The van der Waals surface area contributed by atoms with Gasteiger partial charge in [-0.1, -0.05) is 268 Å². The molecule has 6 aliphatic rings. The second-order valence-electron chi connectivity index (χ2n) is 29.1. The van der Waals surface area contributed by atoms with E-state index < -0.39 is 5.41 Å².